The maximum Gasteiger partial charge on any atom is 0.225 e. The monoisotopic (exact) mass is 409 g/mol. The fraction of sp³-hybridized carbons (Fsp3) is 0.400. The molecule has 2 aliphatic rings. The van der Waals surface area contributed by atoms with Crippen LogP contribution in [0.15, 0.2) is 36.4 Å². The second kappa shape index (κ2) is 9.93. The minimum atomic E-state index is 0. The first-order chi connectivity index (χ1) is 12.3. The van der Waals surface area contributed by atoms with Gasteiger partial charge in [-0.3, -0.25) is 4.79 Å². The maximum absolute atomic E-state index is 12.2. The van der Waals surface area contributed by atoms with Gasteiger partial charge in [-0.05, 0) is 67.7 Å². The molecule has 1 saturated heterocycles. The lowest BCUT2D eigenvalue weighted by atomic mass is 10.0. The zero-order valence-corrected chi connectivity index (χ0v) is 16.7. The maximum atomic E-state index is 12.2. The van der Waals surface area contributed by atoms with Crippen LogP contribution in [-0.4, -0.2) is 30.6 Å². The summed E-state index contributed by atoms with van der Waals surface area (Å²) in [6.07, 6.45) is 3.59. The molecule has 0 saturated carbocycles. The topological polar surface area (TPSA) is 63.2 Å². The Morgan fingerprint density at radius 3 is 2.96 bits per heavy atom. The molecule has 1 aromatic carbocycles. The number of carbonyl (C=O) groups is 1. The normalized spacial score (nSPS) is 17.3. The molecule has 1 fully saturated rings. The van der Waals surface area contributed by atoms with Gasteiger partial charge in [0.2, 0.25) is 5.91 Å². The van der Waals surface area contributed by atoms with Crippen molar-refractivity contribution < 1.29 is 9.53 Å². The summed E-state index contributed by atoms with van der Waals surface area (Å²) < 4.78 is 5.55. The number of rotatable bonds is 5. The van der Waals surface area contributed by atoms with Gasteiger partial charge < -0.3 is 15.4 Å². The van der Waals surface area contributed by atoms with Gasteiger partial charge in [-0.1, -0.05) is 6.07 Å². The Labute approximate surface area is 172 Å². The van der Waals surface area contributed by atoms with Gasteiger partial charge in [0.25, 0.3) is 0 Å². The largest absolute Gasteiger partial charge is 0.493 e. The van der Waals surface area contributed by atoms with E-state index >= 15 is 0 Å². The number of halogens is 2. The molecule has 146 valence electrons. The number of aromatic nitrogens is 1. The van der Waals surface area contributed by atoms with E-state index in [2.05, 4.69) is 21.7 Å². The lowest BCUT2D eigenvalue weighted by Crippen LogP contribution is -2.15. The van der Waals surface area contributed by atoms with Gasteiger partial charge in [-0.2, -0.15) is 0 Å². The fourth-order valence-electron chi connectivity index (χ4n) is 3.51. The highest BCUT2D eigenvalue weighted by atomic mass is 35.5. The molecule has 0 bridgehead atoms. The summed E-state index contributed by atoms with van der Waals surface area (Å²) in [6.45, 7) is 2.85. The molecule has 2 aromatic rings. The smallest absolute Gasteiger partial charge is 0.225 e. The van der Waals surface area contributed by atoms with Crippen molar-refractivity contribution in [2.45, 2.75) is 25.7 Å². The second-order valence-corrected chi connectivity index (χ2v) is 6.77. The van der Waals surface area contributed by atoms with E-state index in [4.69, 9.17) is 4.74 Å². The van der Waals surface area contributed by atoms with Crippen molar-refractivity contribution in [2.75, 3.05) is 25.0 Å². The fourth-order valence-corrected chi connectivity index (χ4v) is 3.51. The molecule has 1 amide bonds. The molecule has 0 spiro atoms. The molecule has 1 aromatic heterocycles. The van der Waals surface area contributed by atoms with Crippen molar-refractivity contribution in [3.63, 3.8) is 0 Å². The molecule has 1 atom stereocenters. The summed E-state index contributed by atoms with van der Waals surface area (Å²) in [5.41, 5.74) is 3.14. The Kier molecular flexibility index (Phi) is 7.90. The van der Waals surface area contributed by atoms with Gasteiger partial charge >= 0.3 is 0 Å². The minimum Gasteiger partial charge on any atom is -0.493 e. The lowest BCUT2D eigenvalue weighted by molar-refractivity contribution is -0.116. The number of hydrogen-bond donors (Lipinski definition) is 2. The van der Waals surface area contributed by atoms with E-state index in [1.54, 1.807) is 0 Å². The van der Waals surface area contributed by atoms with Crippen LogP contribution in [0.2, 0.25) is 0 Å². The number of hydrogen-bond acceptors (Lipinski definition) is 4. The average molecular weight is 410 g/mol. The Balaban J connectivity index is 0.00000131. The van der Waals surface area contributed by atoms with Gasteiger partial charge in [0.15, 0.2) is 0 Å². The number of pyridine rings is 1. The third-order valence-corrected chi connectivity index (χ3v) is 4.94. The van der Waals surface area contributed by atoms with Crippen molar-refractivity contribution in [1.29, 1.82) is 0 Å². The van der Waals surface area contributed by atoms with Crippen LogP contribution in [0.1, 0.15) is 24.8 Å². The van der Waals surface area contributed by atoms with Crippen LogP contribution in [0, 0.1) is 5.92 Å². The van der Waals surface area contributed by atoms with E-state index in [9.17, 15) is 4.79 Å². The molecule has 2 N–H and O–H groups in total. The van der Waals surface area contributed by atoms with Crippen LogP contribution in [-0.2, 0) is 11.2 Å². The van der Waals surface area contributed by atoms with E-state index in [-0.39, 0.29) is 30.7 Å². The SMILES string of the molecule is Cl.Cl.O=C(CCC1CCNC1)Nc1cccc(-c2ccc3c(c2)CCO3)n1. The number of nitrogens with zero attached hydrogens (tertiary/aromatic N) is 1. The van der Waals surface area contributed by atoms with Crippen LogP contribution >= 0.6 is 24.8 Å². The molecule has 7 heteroatoms. The molecule has 5 nitrogen and oxygen atoms in total. The molecule has 0 radical (unpaired) electrons. The first-order valence-electron chi connectivity index (χ1n) is 9.02. The number of anilines is 1. The van der Waals surface area contributed by atoms with Crippen molar-refractivity contribution >= 4 is 36.5 Å². The second-order valence-electron chi connectivity index (χ2n) is 6.77. The summed E-state index contributed by atoms with van der Waals surface area (Å²) >= 11 is 0. The zero-order valence-electron chi connectivity index (χ0n) is 15.1. The summed E-state index contributed by atoms with van der Waals surface area (Å²) in [5, 5.41) is 6.27. The number of carbonyl (C=O) groups excluding carboxylic acids is 1. The average Bonchev–Trinajstić information content (AvgIpc) is 3.31. The van der Waals surface area contributed by atoms with E-state index in [0.29, 0.717) is 18.2 Å². The third kappa shape index (κ3) is 5.34. The van der Waals surface area contributed by atoms with Gasteiger partial charge in [0.1, 0.15) is 11.6 Å². The molecule has 3 heterocycles. The van der Waals surface area contributed by atoms with E-state index < -0.39 is 0 Å². The quantitative estimate of drug-likeness (QED) is 0.786. The Morgan fingerprint density at radius 2 is 2.15 bits per heavy atom. The van der Waals surface area contributed by atoms with Crippen LogP contribution < -0.4 is 15.4 Å². The Bertz CT molecular complexity index is 780. The number of nitrogens with one attached hydrogen (secondary N) is 2. The lowest BCUT2D eigenvalue weighted by Gasteiger charge is -2.09. The molecular weight excluding hydrogens is 385 g/mol. The highest BCUT2D eigenvalue weighted by Gasteiger charge is 2.16. The summed E-state index contributed by atoms with van der Waals surface area (Å²) in [4.78, 5) is 16.8. The Hall–Kier alpha value is -1.82. The first-order valence-corrected chi connectivity index (χ1v) is 9.02. The van der Waals surface area contributed by atoms with E-state index in [0.717, 1.165) is 49.5 Å². The molecule has 2 aliphatic heterocycles. The zero-order chi connectivity index (χ0) is 17.1. The highest BCUT2D eigenvalue weighted by molar-refractivity contribution is 5.90. The number of ether oxygens (including phenoxy) is 1. The van der Waals surface area contributed by atoms with E-state index in [1.165, 1.54) is 12.0 Å². The van der Waals surface area contributed by atoms with Crippen molar-refractivity contribution in [3.05, 3.63) is 42.0 Å². The van der Waals surface area contributed by atoms with Crippen molar-refractivity contribution in [1.82, 2.24) is 10.3 Å². The van der Waals surface area contributed by atoms with Gasteiger partial charge in [-0.25, -0.2) is 4.98 Å². The van der Waals surface area contributed by atoms with E-state index in [1.807, 2.05) is 30.3 Å². The number of amides is 1. The minimum absolute atomic E-state index is 0. The Morgan fingerprint density at radius 1 is 1.26 bits per heavy atom. The van der Waals surface area contributed by atoms with Gasteiger partial charge in [-0.15, -0.1) is 24.8 Å². The summed E-state index contributed by atoms with van der Waals surface area (Å²) in [6, 6.07) is 11.9. The predicted octanol–water partition coefficient (Wildman–Crippen LogP) is 3.86. The van der Waals surface area contributed by atoms with Crippen molar-refractivity contribution in [3.8, 4) is 17.0 Å². The number of fused-ring (bicyclic) bond motifs is 1. The summed E-state index contributed by atoms with van der Waals surface area (Å²) in [7, 11) is 0. The number of benzene rings is 1. The van der Waals surface area contributed by atoms with Crippen LogP contribution in [0.4, 0.5) is 5.82 Å². The highest BCUT2D eigenvalue weighted by Crippen LogP contribution is 2.30. The molecule has 4 rings (SSSR count). The predicted molar refractivity (Wildman–Crippen MR) is 112 cm³/mol. The molecule has 1 unspecified atom stereocenters. The molecule has 0 aliphatic carbocycles. The summed E-state index contributed by atoms with van der Waals surface area (Å²) in [5.74, 6) is 2.25. The van der Waals surface area contributed by atoms with Crippen LogP contribution in [0.3, 0.4) is 0 Å². The third-order valence-electron chi connectivity index (χ3n) is 4.94. The molecule has 27 heavy (non-hydrogen) atoms. The van der Waals surface area contributed by atoms with Gasteiger partial charge in [0.05, 0.1) is 12.3 Å². The van der Waals surface area contributed by atoms with Gasteiger partial charge in [0, 0.05) is 18.4 Å². The van der Waals surface area contributed by atoms with Crippen molar-refractivity contribution in [2.24, 2.45) is 5.92 Å². The molecular formula is C20H25Cl2N3O2. The van der Waals surface area contributed by atoms with Crippen LogP contribution in [0.5, 0.6) is 5.75 Å². The standard InChI is InChI=1S/C20H23N3O2.2ClH/c24-20(7-4-14-8-10-21-13-14)23-19-3-1-2-17(22-19)15-5-6-18-16(12-15)9-11-25-18;;/h1-3,5-6,12,14,21H,4,7-11,13H2,(H,22,23,24);2*1H. The first kappa shape index (κ1) is 21.5. The van der Waals surface area contributed by atoms with Crippen LogP contribution in [0.25, 0.3) is 11.3 Å².